The first-order valence-corrected chi connectivity index (χ1v) is 36.6. The first-order chi connectivity index (χ1) is 49.0. The summed E-state index contributed by atoms with van der Waals surface area (Å²) in [5.74, 6) is -17.4. The Morgan fingerprint density at radius 2 is 1.00 bits per heavy atom. The summed E-state index contributed by atoms with van der Waals surface area (Å²) in [4.78, 5) is 226. The fourth-order valence-corrected chi connectivity index (χ4v) is 14.6. The van der Waals surface area contributed by atoms with Gasteiger partial charge in [0, 0.05) is 50.7 Å². The van der Waals surface area contributed by atoms with Gasteiger partial charge in [-0.1, -0.05) is 72.2 Å². The second kappa shape index (κ2) is 40.3. The van der Waals surface area contributed by atoms with E-state index in [9.17, 15) is 72.9 Å². The highest BCUT2D eigenvalue weighted by molar-refractivity contribution is 8.76. The number of carbonyl (C=O) groups is 15. The summed E-state index contributed by atoms with van der Waals surface area (Å²) in [6.45, 7) is 1.67. The molecule has 5 saturated heterocycles. The van der Waals surface area contributed by atoms with Gasteiger partial charge in [-0.3, -0.25) is 81.9 Å². The SMILES string of the molecule is CC[C@H](C)[C@@H]1NC(=O)[C@@H]2CCCN2C(=O)[C@@H]2CCCN2C(=O)CNC(=O)[C@H](CO)NC(=O)[C@H](CCCN=C(N)N)NC(=O)[C@H]([C@@H](C)O)NC(=O)[C@@H]2CSSC[C@H](NC1=O)C(=O)N[C@@H](Cc1ccccc1)C(=O)N1CCC[C@H]1C(=O)N[C@@H](CC(=O)O)C(=O)NCC(=O)N[C@@H](CCCN=C(N)N)C(=O)N2. The van der Waals surface area contributed by atoms with Gasteiger partial charge in [0.1, 0.15) is 72.5 Å². The number of carbonyl (C=O) groups excluding carboxylic acids is 14. The largest absolute Gasteiger partial charge is 0.481 e. The van der Waals surface area contributed by atoms with Crippen LogP contribution in [-0.2, 0) is 78.3 Å². The van der Waals surface area contributed by atoms with Gasteiger partial charge in [-0.05, 0) is 82.6 Å². The fraction of sp³-hybridized carbons (Fsp3) is 0.635. The molecule has 2 bridgehead atoms. The van der Waals surface area contributed by atoms with Crippen LogP contribution in [0.5, 0.6) is 0 Å². The van der Waals surface area contributed by atoms with Gasteiger partial charge in [0.2, 0.25) is 82.7 Å². The first kappa shape index (κ1) is 82.4. The maximum atomic E-state index is 15.3. The lowest BCUT2D eigenvalue weighted by Crippen LogP contribution is -2.62. The molecule has 0 radical (unpaired) electrons. The van der Waals surface area contributed by atoms with E-state index in [-0.39, 0.29) is 109 Å². The number of nitrogens with one attached hydrogen (secondary N) is 11. The minimum atomic E-state index is -1.98. The summed E-state index contributed by atoms with van der Waals surface area (Å²) in [5.41, 5.74) is 22.7. The molecule has 568 valence electrons. The molecule has 5 aliphatic rings. The van der Waals surface area contributed by atoms with Gasteiger partial charge < -0.3 is 111 Å². The number of carboxylic acids is 1. The molecule has 22 N–H and O–H groups in total. The maximum absolute atomic E-state index is 15.3. The predicted octanol–water partition coefficient (Wildman–Crippen LogP) is -7.79. The molecule has 1 aromatic rings. The minimum Gasteiger partial charge on any atom is -0.481 e. The molecule has 1 aromatic carbocycles. The standard InChI is InChI=1S/C63H96N20O18S2/c1-4-32(2)48-58(98)78-40-30-102-103-31-41(77-52(92)35(15-8-20-68-62(64)65)72-45(86)27-70-50(90)37(26-47(88)89)74-56(96)42-17-10-23-82(42)60(100)38(75-54(40)94)25-34-13-6-5-7-14-34)55(95)80-49(33(3)85)59(99)73-36(16-9-21-69-63(66)67)53(93)76-39(29-84)51(91)71-28-46(87)81-22-12-19-44(81)61(101)83-24-11-18-43(83)57(97)79-48/h5-7,13-14,32-33,35-44,48-49,84-85H,4,8-12,15-31H2,1-3H3,(H,70,90)(H,71,91)(H,72,86)(H,73,99)(H,74,96)(H,75,94)(H,76,93)(H,77,92)(H,78,98)(H,79,97)(H,80,95)(H,88,89)(H4,64,65,68)(H4,66,67,69)/t32-,33+,35-,36-,37-,38-,39-,40-,41-,42-,43-,44-,48-,49-/m0/s1. The van der Waals surface area contributed by atoms with E-state index in [1.54, 1.807) is 44.2 Å². The molecule has 0 unspecified atom stereocenters. The summed E-state index contributed by atoms with van der Waals surface area (Å²) in [7, 11) is 1.66. The monoisotopic (exact) mass is 1480 g/mol. The van der Waals surface area contributed by atoms with Crippen molar-refractivity contribution in [2.45, 2.75) is 183 Å². The number of fused-ring (bicyclic) bond motifs is 8. The van der Waals surface area contributed by atoms with E-state index in [1.165, 1.54) is 14.7 Å². The van der Waals surface area contributed by atoms with Crippen molar-refractivity contribution in [3.63, 3.8) is 0 Å². The molecule has 0 aromatic heterocycles. The van der Waals surface area contributed by atoms with Crippen molar-refractivity contribution in [3.8, 4) is 0 Å². The van der Waals surface area contributed by atoms with Gasteiger partial charge in [0.15, 0.2) is 11.9 Å². The van der Waals surface area contributed by atoms with Gasteiger partial charge in [0.05, 0.1) is 32.2 Å². The van der Waals surface area contributed by atoms with Crippen molar-refractivity contribution in [1.82, 2.24) is 73.2 Å². The number of aliphatic carboxylic acids is 1. The summed E-state index contributed by atoms with van der Waals surface area (Å²) < 4.78 is 0. The van der Waals surface area contributed by atoms with E-state index in [4.69, 9.17) is 22.9 Å². The first-order valence-electron chi connectivity index (χ1n) is 34.1. The predicted molar refractivity (Wildman–Crippen MR) is 373 cm³/mol. The molecule has 5 heterocycles. The van der Waals surface area contributed by atoms with Crippen LogP contribution in [0.25, 0.3) is 0 Å². The number of rotatable bonds is 16. The average molecular weight is 1490 g/mol. The summed E-state index contributed by atoms with van der Waals surface area (Å²) in [6.07, 6.45) is -2.12. The normalized spacial score (nSPS) is 27.7. The second-order valence-corrected chi connectivity index (χ2v) is 28.1. The zero-order chi connectivity index (χ0) is 75.6. The van der Waals surface area contributed by atoms with E-state index in [0.717, 1.165) is 28.5 Å². The molecule has 40 heteroatoms. The van der Waals surface area contributed by atoms with E-state index >= 15 is 14.4 Å². The van der Waals surface area contributed by atoms with Crippen LogP contribution >= 0.6 is 21.6 Å². The van der Waals surface area contributed by atoms with Crippen molar-refractivity contribution in [1.29, 1.82) is 0 Å². The Kier molecular flexibility index (Phi) is 32.3. The van der Waals surface area contributed by atoms with Crippen LogP contribution in [0.2, 0.25) is 0 Å². The van der Waals surface area contributed by atoms with Gasteiger partial charge in [0.25, 0.3) is 0 Å². The number of hydrogen-bond acceptors (Lipinski definition) is 21. The molecule has 0 aliphatic carbocycles. The average Bonchev–Trinajstić information content (AvgIpc) is 1.71. The summed E-state index contributed by atoms with van der Waals surface area (Å²) >= 11 is 0. The van der Waals surface area contributed by atoms with Crippen LogP contribution < -0.4 is 81.4 Å². The van der Waals surface area contributed by atoms with E-state index in [1.807, 2.05) is 0 Å². The highest BCUT2D eigenvalue weighted by atomic mass is 33.1. The van der Waals surface area contributed by atoms with Crippen LogP contribution in [0.1, 0.15) is 103 Å². The molecular formula is C63H96N20O18S2. The van der Waals surface area contributed by atoms with Crippen molar-refractivity contribution in [3.05, 3.63) is 35.9 Å². The van der Waals surface area contributed by atoms with Crippen LogP contribution in [0.4, 0.5) is 0 Å². The Balaban J connectivity index is 1.48. The van der Waals surface area contributed by atoms with E-state index < -0.39 is 211 Å². The number of benzene rings is 1. The number of guanidine groups is 2. The highest BCUT2D eigenvalue weighted by Gasteiger charge is 2.45. The molecule has 5 aliphatic heterocycles. The maximum Gasteiger partial charge on any atom is 0.305 e. The molecule has 5 fully saturated rings. The number of nitrogens with two attached hydrogens (primary N) is 4. The van der Waals surface area contributed by atoms with Crippen molar-refractivity contribution in [2.75, 3.05) is 63.9 Å². The lowest BCUT2D eigenvalue weighted by atomic mass is 9.97. The Labute approximate surface area is 601 Å². The lowest BCUT2D eigenvalue weighted by molar-refractivity contribution is -0.147. The van der Waals surface area contributed by atoms with Crippen molar-refractivity contribution in [2.24, 2.45) is 38.8 Å². The number of amides is 14. The second-order valence-electron chi connectivity index (χ2n) is 25.6. The van der Waals surface area contributed by atoms with Crippen molar-refractivity contribution < 1.29 is 87.2 Å². The minimum absolute atomic E-state index is 0.0159. The summed E-state index contributed by atoms with van der Waals surface area (Å²) in [5, 5.41) is 59.1. The van der Waals surface area contributed by atoms with Crippen LogP contribution in [0.3, 0.4) is 0 Å². The third-order valence-electron chi connectivity index (χ3n) is 17.9. The third kappa shape index (κ3) is 24.6. The molecule has 6 rings (SSSR count). The number of aliphatic imine (C=N–C) groups is 2. The van der Waals surface area contributed by atoms with Gasteiger partial charge >= 0.3 is 5.97 Å². The quantitative estimate of drug-likeness (QED) is 0.0316. The molecule has 14 atom stereocenters. The van der Waals surface area contributed by atoms with Crippen LogP contribution in [0.15, 0.2) is 40.3 Å². The van der Waals surface area contributed by atoms with Gasteiger partial charge in [-0.25, -0.2) is 0 Å². The van der Waals surface area contributed by atoms with Gasteiger partial charge in [-0.15, -0.1) is 0 Å². The molecular weight excluding hydrogens is 1390 g/mol. The third-order valence-corrected chi connectivity index (χ3v) is 20.4. The molecule has 103 heavy (non-hydrogen) atoms. The highest BCUT2D eigenvalue weighted by Crippen LogP contribution is 2.28. The Hall–Kier alpha value is -9.57. The molecule has 14 amide bonds. The molecule has 38 nitrogen and oxygen atoms in total. The topological polar surface area (TPSA) is 588 Å². The number of aliphatic hydroxyl groups excluding tert-OH is 2. The Morgan fingerprint density at radius 3 is 1.56 bits per heavy atom. The number of nitrogens with zero attached hydrogens (tertiary/aromatic N) is 5. The zero-order valence-electron chi connectivity index (χ0n) is 57.6. The molecule has 0 saturated carbocycles. The van der Waals surface area contributed by atoms with Gasteiger partial charge in [-0.2, -0.15) is 0 Å². The fourth-order valence-electron chi connectivity index (χ4n) is 12.2. The van der Waals surface area contributed by atoms with E-state index in [0.29, 0.717) is 18.4 Å². The number of carboxylic acid groups (broad SMARTS) is 1. The smallest absolute Gasteiger partial charge is 0.305 e. The van der Waals surface area contributed by atoms with Crippen molar-refractivity contribution >= 4 is 122 Å². The lowest BCUT2D eigenvalue weighted by Gasteiger charge is -2.33. The van der Waals surface area contributed by atoms with E-state index in [2.05, 4.69) is 68.5 Å². The zero-order valence-corrected chi connectivity index (χ0v) is 59.2. The van der Waals surface area contributed by atoms with Crippen LogP contribution in [-0.4, -0.2) is 273 Å². The van der Waals surface area contributed by atoms with Crippen LogP contribution in [0, 0.1) is 5.92 Å². The Bertz CT molecular complexity index is 3310. The number of hydrogen-bond donors (Lipinski definition) is 18. The summed E-state index contributed by atoms with van der Waals surface area (Å²) in [6, 6.07) is -10.4. The molecule has 0 spiro atoms. The number of aliphatic hydroxyl groups is 2. The Morgan fingerprint density at radius 1 is 0.534 bits per heavy atom.